The molecule has 2 aromatic carbocycles. The summed E-state index contributed by atoms with van der Waals surface area (Å²) in [5.74, 6) is 0.545. The molecule has 0 aliphatic rings. The maximum Gasteiger partial charge on any atom is 0.313 e. The van der Waals surface area contributed by atoms with Gasteiger partial charge in [-0.1, -0.05) is 42.5 Å². The van der Waals surface area contributed by atoms with Gasteiger partial charge in [0.1, 0.15) is 6.61 Å². The number of thiol groups is 1. The van der Waals surface area contributed by atoms with Gasteiger partial charge in [-0.2, -0.15) is 24.4 Å². The third kappa shape index (κ3) is 6.91. The molecule has 1 N–H and O–H groups in total. The van der Waals surface area contributed by atoms with Crippen molar-refractivity contribution in [2.24, 2.45) is 5.92 Å². The van der Waals surface area contributed by atoms with Gasteiger partial charge in [-0.15, -0.1) is 0 Å². The SMILES string of the molecule is CSCCC(CS)C(=O)Nc1cccc(C(C)C(=O)OCc2ccccc2)c1. The first-order valence-corrected chi connectivity index (χ1v) is 11.3. The van der Waals surface area contributed by atoms with Crippen LogP contribution in [0, 0.1) is 5.92 Å². The van der Waals surface area contributed by atoms with Crippen molar-refractivity contribution in [3.63, 3.8) is 0 Å². The maximum absolute atomic E-state index is 12.5. The number of ether oxygens (including phenoxy) is 1. The Morgan fingerprint density at radius 2 is 1.89 bits per heavy atom. The van der Waals surface area contributed by atoms with E-state index in [4.69, 9.17) is 4.74 Å². The molecular formula is C22H27NO3S2. The average Bonchev–Trinajstić information content (AvgIpc) is 2.73. The van der Waals surface area contributed by atoms with Gasteiger partial charge < -0.3 is 10.1 Å². The number of hydrogen-bond donors (Lipinski definition) is 2. The Labute approximate surface area is 176 Å². The van der Waals surface area contributed by atoms with E-state index in [-0.39, 0.29) is 24.4 Å². The van der Waals surface area contributed by atoms with Crippen LogP contribution in [0.3, 0.4) is 0 Å². The number of hydrogen-bond acceptors (Lipinski definition) is 5. The van der Waals surface area contributed by atoms with Crippen LogP contribution in [0.25, 0.3) is 0 Å². The van der Waals surface area contributed by atoms with Gasteiger partial charge in [0.2, 0.25) is 5.91 Å². The molecule has 0 bridgehead atoms. The number of carbonyl (C=O) groups is 2. The minimum absolute atomic E-state index is 0.0412. The minimum atomic E-state index is -0.419. The van der Waals surface area contributed by atoms with Crippen LogP contribution in [0.4, 0.5) is 5.69 Å². The van der Waals surface area contributed by atoms with Crippen molar-refractivity contribution in [1.82, 2.24) is 0 Å². The molecule has 0 aliphatic heterocycles. The molecule has 6 heteroatoms. The van der Waals surface area contributed by atoms with Crippen LogP contribution in [0.2, 0.25) is 0 Å². The monoisotopic (exact) mass is 417 g/mol. The smallest absolute Gasteiger partial charge is 0.313 e. The molecule has 0 saturated carbocycles. The minimum Gasteiger partial charge on any atom is -0.460 e. The first kappa shape index (κ1) is 22.4. The lowest BCUT2D eigenvalue weighted by Gasteiger charge is -2.16. The fraction of sp³-hybridized carbons (Fsp3) is 0.364. The zero-order valence-corrected chi connectivity index (χ0v) is 18.0. The van der Waals surface area contributed by atoms with Gasteiger partial charge >= 0.3 is 5.97 Å². The molecule has 1 amide bonds. The molecule has 2 aromatic rings. The molecule has 0 aromatic heterocycles. The lowest BCUT2D eigenvalue weighted by atomic mass is 10.0. The molecule has 0 spiro atoms. The third-order valence-corrected chi connectivity index (χ3v) is 5.58. The molecule has 150 valence electrons. The Bertz CT molecular complexity index is 767. The zero-order chi connectivity index (χ0) is 20.4. The summed E-state index contributed by atoms with van der Waals surface area (Å²) >= 11 is 6.01. The zero-order valence-electron chi connectivity index (χ0n) is 16.3. The maximum atomic E-state index is 12.5. The van der Waals surface area contributed by atoms with E-state index in [2.05, 4.69) is 17.9 Å². The van der Waals surface area contributed by atoms with E-state index in [1.165, 1.54) is 0 Å². The van der Waals surface area contributed by atoms with Crippen molar-refractivity contribution in [1.29, 1.82) is 0 Å². The van der Waals surface area contributed by atoms with Gasteiger partial charge in [0.25, 0.3) is 0 Å². The summed E-state index contributed by atoms with van der Waals surface area (Å²) < 4.78 is 5.43. The topological polar surface area (TPSA) is 55.4 Å². The van der Waals surface area contributed by atoms with Gasteiger partial charge in [0.05, 0.1) is 5.92 Å². The van der Waals surface area contributed by atoms with Crippen molar-refractivity contribution >= 4 is 42.0 Å². The number of nitrogens with one attached hydrogen (secondary N) is 1. The molecule has 2 unspecified atom stereocenters. The van der Waals surface area contributed by atoms with Crippen molar-refractivity contribution in [2.75, 3.05) is 23.1 Å². The summed E-state index contributed by atoms with van der Waals surface area (Å²) in [6.45, 7) is 2.06. The Balaban J connectivity index is 1.97. The number of anilines is 1. The summed E-state index contributed by atoms with van der Waals surface area (Å²) in [6, 6.07) is 17.0. The molecule has 0 saturated heterocycles. The van der Waals surface area contributed by atoms with Crippen LogP contribution < -0.4 is 5.32 Å². The van der Waals surface area contributed by atoms with Crippen LogP contribution in [0.1, 0.15) is 30.4 Å². The largest absolute Gasteiger partial charge is 0.460 e. The summed E-state index contributed by atoms with van der Waals surface area (Å²) in [6.07, 6.45) is 2.81. The summed E-state index contributed by atoms with van der Waals surface area (Å²) in [5, 5.41) is 2.94. The molecule has 2 atom stereocenters. The van der Waals surface area contributed by atoms with Gasteiger partial charge in [-0.25, -0.2) is 0 Å². The molecule has 2 rings (SSSR count). The van der Waals surface area contributed by atoms with Crippen molar-refractivity contribution < 1.29 is 14.3 Å². The van der Waals surface area contributed by atoms with E-state index in [1.807, 2.05) is 67.8 Å². The van der Waals surface area contributed by atoms with E-state index < -0.39 is 5.92 Å². The van der Waals surface area contributed by atoms with Gasteiger partial charge in [-0.3, -0.25) is 9.59 Å². The lowest BCUT2D eigenvalue weighted by molar-refractivity contribution is -0.146. The second-order valence-electron chi connectivity index (χ2n) is 6.59. The molecule has 0 heterocycles. The van der Waals surface area contributed by atoms with Crippen molar-refractivity contribution in [3.8, 4) is 0 Å². The number of thioether (sulfide) groups is 1. The lowest BCUT2D eigenvalue weighted by Crippen LogP contribution is -2.25. The fourth-order valence-electron chi connectivity index (χ4n) is 2.69. The van der Waals surface area contributed by atoms with Crippen molar-refractivity contribution in [2.45, 2.75) is 25.9 Å². The van der Waals surface area contributed by atoms with Gasteiger partial charge in [0.15, 0.2) is 0 Å². The predicted octanol–water partition coefficient (Wildman–Crippen LogP) is 4.77. The molecule has 4 nitrogen and oxygen atoms in total. The van der Waals surface area contributed by atoms with E-state index in [0.29, 0.717) is 11.4 Å². The number of amides is 1. The Morgan fingerprint density at radius 3 is 2.57 bits per heavy atom. The normalized spacial score (nSPS) is 12.8. The highest BCUT2D eigenvalue weighted by atomic mass is 32.2. The van der Waals surface area contributed by atoms with Crippen LogP contribution >= 0.6 is 24.4 Å². The Morgan fingerprint density at radius 1 is 1.14 bits per heavy atom. The predicted molar refractivity (Wildman–Crippen MR) is 120 cm³/mol. The van der Waals surface area contributed by atoms with E-state index >= 15 is 0 Å². The van der Waals surface area contributed by atoms with E-state index in [1.54, 1.807) is 11.8 Å². The van der Waals surface area contributed by atoms with E-state index in [0.717, 1.165) is 23.3 Å². The number of rotatable bonds is 10. The first-order chi connectivity index (χ1) is 13.5. The number of esters is 1. The molecule has 0 radical (unpaired) electrons. The van der Waals surface area contributed by atoms with Gasteiger partial charge in [-0.05, 0) is 48.6 Å². The Hall–Kier alpha value is -1.92. The highest BCUT2D eigenvalue weighted by molar-refractivity contribution is 7.98. The highest BCUT2D eigenvalue weighted by Crippen LogP contribution is 2.22. The molecule has 0 aliphatic carbocycles. The van der Waals surface area contributed by atoms with E-state index in [9.17, 15) is 9.59 Å². The second-order valence-corrected chi connectivity index (χ2v) is 7.94. The second kappa shape index (κ2) is 11.8. The summed E-state index contributed by atoms with van der Waals surface area (Å²) in [5.41, 5.74) is 2.44. The standard InChI is InChI=1S/C22H27NO3S2/c1-16(22(25)26-14-17-7-4-3-5-8-17)18-9-6-10-20(13-18)23-21(24)19(15-27)11-12-28-2/h3-10,13,16,19,27H,11-12,14-15H2,1-2H3,(H,23,24). The van der Waals surface area contributed by atoms with Crippen LogP contribution in [0.5, 0.6) is 0 Å². The molecular weight excluding hydrogens is 390 g/mol. The number of benzene rings is 2. The van der Waals surface area contributed by atoms with Crippen LogP contribution in [-0.2, 0) is 20.9 Å². The number of carbonyl (C=O) groups excluding carboxylic acids is 2. The third-order valence-electron chi connectivity index (χ3n) is 4.49. The fourth-order valence-corrected chi connectivity index (χ4v) is 3.55. The van der Waals surface area contributed by atoms with Gasteiger partial charge in [0, 0.05) is 17.4 Å². The van der Waals surface area contributed by atoms with Crippen molar-refractivity contribution in [3.05, 3.63) is 65.7 Å². The summed E-state index contributed by atoms with van der Waals surface area (Å²) in [4.78, 5) is 24.9. The first-order valence-electron chi connectivity index (χ1n) is 9.26. The quantitative estimate of drug-likeness (QED) is 0.432. The summed E-state index contributed by atoms with van der Waals surface area (Å²) in [7, 11) is 0. The molecule has 28 heavy (non-hydrogen) atoms. The van der Waals surface area contributed by atoms with Crippen LogP contribution in [0.15, 0.2) is 54.6 Å². The Kier molecular flexibility index (Phi) is 9.44. The highest BCUT2D eigenvalue weighted by Gasteiger charge is 2.19. The average molecular weight is 418 g/mol. The van der Waals surface area contributed by atoms with Crippen LogP contribution in [-0.4, -0.2) is 29.6 Å². The molecule has 0 fully saturated rings.